The van der Waals surface area contributed by atoms with Gasteiger partial charge >= 0.3 is 0 Å². The Hall–Kier alpha value is -1.36. The number of halogens is 2. The fraction of sp³-hybridized carbons (Fsp3) is 0.286. The Bertz CT molecular complexity index is 506. The number of hydrogen-bond donors (Lipinski definition) is 2. The number of aromatic nitrogens is 2. The van der Waals surface area contributed by atoms with Crippen molar-refractivity contribution in [1.29, 1.82) is 0 Å². The molecule has 0 amide bonds. The van der Waals surface area contributed by atoms with E-state index in [0.717, 1.165) is 35.7 Å². The van der Waals surface area contributed by atoms with Crippen LogP contribution in [0.5, 0.6) is 0 Å². The van der Waals surface area contributed by atoms with Gasteiger partial charge in [-0.1, -0.05) is 30.3 Å². The van der Waals surface area contributed by atoms with Gasteiger partial charge in [0.25, 0.3) is 0 Å². The van der Waals surface area contributed by atoms with Crippen LogP contribution in [0.3, 0.4) is 0 Å². The van der Waals surface area contributed by atoms with Gasteiger partial charge in [0.05, 0.1) is 5.69 Å². The zero-order valence-corrected chi connectivity index (χ0v) is 13.2. The van der Waals surface area contributed by atoms with Crippen molar-refractivity contribution in [3.05, 3.63) is 42.0 Å². The lowest BCUT2D eigenvalue weighted by Gasteiger charge is -2.08. The Kier molecular flexibility index (Phi) is 8.88. The summed E-state index contributed by atoms with van der Waals surface area (Å²) in [6, 6.07) is 12.1. The zero-order chi connectivity index (χ0) is 12.8. The summed E-state index contributed by atoms with van der Waals surface area (Å²) in [5.74, 6) is 0.852. The molecule has 0 fully saturated rings. The van der Waals surface area contributed by atoms with Gasteiger partial charge < -0.3 is 10.6 Å². The molecule has 0 aliphatic rings. The van der Waals surface area contributed by atoms with Crippen molar-refractivity contribution in [2.24, 2.45) is 0 Å². The number of nitrogens with zero attached hydrogens (tertiary/aromatic N) is 2. The molecule has 0 bridgehead atoms. The largest absolute Gasteiger partial charge is 0.367 e. The minimum absolute atomic E-state index is 0. The van der Waals surface area contributed by atoms with Crippen LogP contribution in [0.2, 0.25) is 0 Å². The molecule has 1 aromatic carbocycles. The van der Waals surface area contributed by atoms with Crippen LogP contribution in [0.25, 0.3) is 11.3 Å². The summed E-state index contributed by atoms with van der Waals surface area (Å²) >= 11 is 0. The Morgan fingerprint density at radius 2 is 1.70 bits per heavy atom. The molecule has 6 heteroatoms. The van der Waals surface area contributed by atoms with Crippen LogP contribution in [0.4, 0.5) is 5.82 Å². The first-order chi connectivity index (χ1) is 8.81. The van der Waals surface area contributed by atoms with E-state index in [9.17, 15) is 0 Å². The summed E-state index contributed by atoms with van der Waals surface area (Å²) in [7, 11) is 1.93. The molecule has 4 nitrogen and oxygen atoms in total. The molecule has 110 valence electrons. The third kappa shape index (κ3) is 4.96. The number of hydrogen-bond acceptors (Lipinski definition) is 4. The maximum atomic E-state index is 4.26. The molecular weight excluding hydrogens is 295 g/mol. The van der Waals surface area contributed by atoms with Crippen molar-refractivity contribution >= 4 is 30.6 Å². The number of likely N-dealkylation sites (N-methyl/N-ethyl adjacent to an activating group) is 1. The van der Waals surface area contributed by atoms with Crippen LogP contribution >= 0.6 is 24.8 Å². The molecule has 1 aromatic heterocycles. The van der Waals surface area contributed by atoms with Crippen molar-refractivity contribution < 1.29 is 0 Å². The molecule has 2 rings (SSSR count). The molecule has 0 aliphatic carbocycles. The van der Waals surface area contributed by atoms with Crippen LogP contribution < -0.4 is 10.6 Å². The number of nitrogens with one attached hydrogen (secondary N) is 2. The molecule has 0 radical (unpaired) electrons. The van der Waals surface area contributed by atoms with Gasteiger partial charge in [-0.05, 0) is 25.6 Å². The van der Waals surface area contributed by atoms with Crippen LogP contribution in [0, 0.1) is 6.92 Å². The van der Waals surface area contributed by atoms with E-state index in [1.807, 2.05) is 44.3 Å². The Morgan fingerprint density at radius 1 is 1.00 bits per heavy atom. The second-order valence-electron chi connectivity index (χ2n) is 4.16. The minimum Gasteiger partial charge on any atom is -0.367 e. The highest BCUT2D eigenvalue weighted by Gasteiger charge is 2.04. The summed E-state index contributed by atoms with van der Waals surface area (Å²) in [5, 5.41) is 14.8. The smallest absolute Gasteiger partial charge is 0.151 e. The first-order valence-electron chi connectivity index (χ1n) is 6.09. The van der Waals surface area contributed by atoms with E-state index in [1.165, 1.54) is 0 Å². The Morgan fingerprint density at radius 3 is 2.30 bits per heavy atom. The highest BCUT2D eigenvalue weighted by molar-refractivity contribution is 5.85. The molecule has 2 aromatic rings. The molecular formula is C14H20Cl2N4. The fourth-order valence-corrected chi connectivity index (χ4v) is 1.72. The maximum absolute atomic E-state index is 4.26. The SMILES string of the molecule is CNCCNc1nnc(-c2ccccc2)cc1C.Cl.Cl. The van der Waals surface area contributed by atoms with Crippen molar-refractivity contribution in [1.82, 2.24) is 15.5 Å². The Balaban J connectivity index is 0.00000180. The summed E-state index contributed by atoms with van der Waals surface area (Å²) in [5.41, 5.74) is 3.11. The number of aryl methyl sites for hydroxylation is 1. The molecule has 0 aliphatic heterocycles. The third-order valence-corrected chi connectivity index (χ3v) is 2.72. The molecule has 0 saturated heterocycles. The van der Waals surface area contributed by atoms with Gasteiger partial charge in [0.15, 0.2) is 5.82 Å². The van der Waals surface area contributed by atoms with E-state index >= 15 is 0 Å². The molecule has 0 atom stereocenters. The van der Waals surface area contributed by atoms with Crippen LogP contribution in [0.15, 0.2) is 36.4 Å². The second-order valence-corrected chi connectivity index (χ2v) is 4.16. The van der Waals surface area contributed by atoms with E-state index in [4.69, 9.17) is 0 Å². The van der Waals surface area contributed by atoms with Gasteiger partial charge in [-0.15, -0.1) is 35.0 Å². The van der Waals surface area contributed by atoms with Crippen LogP contribution in [0.1, 0.15) is 5.56 Å². The lowest BCUT2D eigenvalue weighted by atomic mass is 10.1. The summed E-state index contributed by atoms with van der Waals surface area (Å²) < 4.78 is 0. The predicted octanol–water partition coefficient (Wildman–Crippen LogP) is 2.93. The summed E-state index contributed by atoms with van der Waals surface area (Å²) in [6.45, 7) is 3.79. The average molecular weight is 315 g/mol. The Labute approximate surface area is 132 Å². The van der Waals surface area contributed by atoms with Crippen LogP contribution in [-0.4, -0.2) is 30.3 Å². The van der Waals surface area contributed by atoms with Gasteiger partial charge in [0.1, 0.15) is 0 Å². The van der Waals surface area contributed by atoms with E-state index in [0.29, 0.717) is 0 Å². The van der Waals surface area contributed by atoms with Gasteiger partial charge in [-0.25, -0.2) is 0 Å². The number of rotatable bonds is 5. The molecule has 0 unspecified atom stereocenters. The van der Waals surface area contributed by atoms with Crippen molar-refractivity contribution in [3.8, 4) is 11.3 Å². The van der Waals surface area contributed by atoms with E-state index in [1.54, 1.807) is 0 Å². The molecule has 0 saturated carbocycles. The minimum atomic E-state index is 0. The van der Waals surface area contributed by atoms with Crippen molar-refractivity contribution in [3.63, 3.8) is 0 Å². The van der Waals surface area contributed by atoms with Gasteiger partial charge in [0.2, 0.25) is 0 Å². The fourth-order valence-electron chi connectivity index (χ4n) is 1.72. The van der Waals surface area contributed by atoms with E-state index < -0.39 is 0 Å². The number of benzene rings is 1. The van der Waals surface area contributed by atoms with Gasteiger partial charge in [-0.3, -0.25) is 0 Å². The predicted molar refractivity (Wildman–Crippen MR) is 89.1 cm³/mol. The standard InChI is InChI=1S/C14H18N4.2ClH/c1-11-10-13(12-6-4-3-5-7-12)17-18-14(11)16-9-8-15-2;;/h3-7,10,15H,8-9H2,1-2H3,(H,16,18);2*1H. The molecule has 1 heterocycles. The lowest BCUT2D eigenvalue weighted by molar-refractivity contribution is 0.817. The van der Waals surface area contributed by atoms with Gasteiger partial charge in [-0.2, -0.15) is 0 Å². The van der Waals surface area contributed by atoms with Crippen molar-refractivity contribution in [2.75, 3.05) is 25.5 Å². The third-order valence-electron chi connectivity index (χ3n) is 2.72. The summed E-state index contributed by atoms with van der Waals surface area (Å²) in [4.78, 5) is 0. The average Bonchev–Trinajstić information content (AvgIpc) is 2.42. The maximum Gasteiger partial charge on any atom is 0.151 e. The lowest BCUT2D eigenvalue weighted by Crippen LogP contribution is -2.18. The molecule has 0 spiro atoms. The highest BCUT2D eigenvalue weighted by Crippen LogP contribution is 2.19. The quantitative estimate of drug-likeness (QED) is 0.833. The van der Waals surface area contributed by atoms with Crippen LogP contribution in [-0.2, 0) is 0 Å². The zero-order valence-electron chi connectivity index (χ0n) is 11.6. The summed E-state index contributed by atoms with van der Waals surface area (Å²) in [6.07, 6.45) is 0. The number of anilines is 1. The monoisotopic (exact) mass is 314 g/mol. The van der Waals surface area contributed by atoms with E-state index in [-0.39, 0.29) is 24.8 Å². The van der Waals surface area contributed by atoms with Crippen molar-refractivity contribution in [2.45, 2.75) is 6.92 Å². The second kappa shape index (κ2) is 9.53. The highest BCUT2D eigenvalue weighted by atomic mass is 35.5. The molecule has 20 heavy (non-hydrogen) atoms. The first-order valence-corrected chi connectivity index (χ1v) is 6.09. The molecule has 2 N–H and O–H groups in total. The first kappa shape index (κ1) is 18.6. The topological polar surface area (TPSA) is 49.8 Å². The normalized spacial score (nSPS) is 9.30. The van der Waals surface area contributed by atoms with E-state index in [2.05, 4.69) is 26.9 Å². The van der Waals surface area contributed by atoms with Gasteiger partial charge in [0, 0.05) is 18.7 Å².